The number of likely N-dealkylation sites (tertiary alicyclic amines) is 1. The Morgan fingerprint density at radius 2 is 1.73 bits per heavy atom. The molecule has 2 saturated carbocycles. The third kappa shape index (κ3) is 5.25. The minimum Gasteiger partial charge on any atom is -0.354 e. The molecule has 1 saturated heterocycles. The molecule has 0 bridgehead atoms. The number of aliphatic imine (C=N–C) groups is 1. The van der Waals surface area contributed by atoms with Crippen molar-refractivity contribution in [3.05, 3.63) is 0 Å². The Morgan fingerprint density at radius 1 is 1.00 bits per heavy atom. The Kier molecular flexibility index (Phi) is 7.74. The Bertz CT molecular complexity index is 351. The van der Waals surface area contributed by atoms with Gasteiger partial charge >= 0.3 is 0 Å². The van der Waals surface area contributed by atoms with Crippen molar-refractivity contribution in [1.29, 1.82) is 0 Å². The molecule has 2 aliphatic carbocycles. The van der Waals surface area contributed by atoms with Crippen molar-refractivity contribution in [2.75, 3.05) is 26.2 Å². The quantitative estimate of drug-likeness (QED) is 0.408. The van der Waals surface area contributed by atoms with Gasteiger partial charge in [0.05, 0.1) is 0 Å². The number of guanidine groups is 1. The van der Waals surface area contributed by atoms with Crippen LogP contribution in [0.25, 0.3) is 0 Å². The maximum absolute atomic E-state index is 4.61. The van der Waals surface area contributed by atoms with E-state index in [1.165, 1.54) is 71.0 Å². The molecule has 0 aromatic carbocycles. The molecule has 0 aromatic rings. The zero-order chi connectivity index (χ0) is 14.5. The minimum atomic E-state index is 0. The molecule has 0 amide bonds. The van der Waals surface area contributed by atoms with Crippen LogP contribution in [0.1, 0.15) is 58.3 Å². The molecule has 2 N–H and O–H groups in total. The van der Waals surface area contributed by atoms with Crippen LogP contribution in [0.5, 0.6) is 0 Å². The van der Waals surface area contributed by atoms with Gasteiger partial charge < -0.3 is 15.5 Å². The molecule has 1 heterocycles. The number of rotatable bonds is 5. The smallest absolute Gasteiger partial charge is 0.191 e. The highest BCUT2D eigenvalue weighted by atomic mass is 127. The van der Waals surface area contributed by atoms with Gasteiger partial charge in [0.15, 0.2) is 5.96 Å². The van der Waals surface area contributed by atoms with Gasteiger partial charge in [-0.3, -0.25) is 4.99 Å². The van der Waals surface area contributed by atoms with Crippen molar-refractivity contribution in [1.82, 2.24) is 15.5 Å². The highest BCUT2D eigenvalue weighted by Crippen LogP contribution is 2.26. The second-order valence-electron chi connectivity index (χ2n) is 7.14. The number of nitrogens with zero attached hydrogens (tertiary/aromatic N) is 2. The summed E-state index contributed by atoms with van der Waals surface area (Å²) in [7, 11) is 0. The zero-order valence-electron chi connectivity index (χ0n) is 14.0. The largest absolute Gasteiger partial charge is 0.354 e. The van der Waals surface area contributed by atoms with Gasteiger partial charge in [0.1, 0.15) is 0 Å². The van der Waals surface area contributed by atoms with Crippen molar-refractivity contribution in [2.45, 2.75) is 70.4 Å². The van der Waals surface area contributed by atoms with Gasteiger partial charge in [-0.2, -0.15) is 0 Å². The molecular weight excluding hydrogens is 387 g/mol. The highest BCUT2D eigenvalue weighted by Gasteiger charge is 2.27. The first-order valence-electron chi connectivity index (χ1n) is 9.13. The second kappa shape index (κ2) is 9.30. The standard InChI is InChI=1S/C17H32N4.HI/c1-2-18-17(19-15-8-5-9-15)20-16-10-11-21(13-16)12-14-6-3-4-7-14;/h14-16H,2-13H2,1H3,(H2,18,19,20);1H. The number of hydrogen-bond acceptors (Lipinski definition) is 2. The summed E-state index contributed by atoms with van der Waals surface area (Å²) in [4.78, 5) is 7.28. The van der Waals surface area contributed by atoms with E-state index in [4.69, 9.17) is 0 Å². The van der Waals surface area contributed by atoms with Gasteiger partial charge in [-0.15, -0.1) is 24.0 Å². The topological polar surface area (TPSA) is 39.7 Å². The highest BCUT2D eigenvalue weighted by molar-refractivity contribution is 14.0. The Balaban J connectivity index is 0.00000176. The zero-order valence-corrected chi connectivity index (χ0v) is 16.4. The lowest BCUT2D eigenvalue weighted by atomic mass is 9.93. The Hall–Kier alpha value is -0.0400. The fraction of sp³-hybridized carbons (Fsp3) is 0.941. The van der Waals surface area contributed by atoms with E-state index in [2.05, 4.69) is 27.4 Å². The van der Waals surface area contributed by atoms with Gasteiger partial charge in [0.25, 0.3) is 0 Å². The van der Waals surface area contributed by atoms with Crippen LogP contribution in [0.2, 0.25) is 0 Å². The Labute approximate surface area is 152 Å². The van der Waals surface area contributed by atoms with E-state index in [1.807, 2.05) is 0 Å². The average Bonchev–Trinajstić information content (AvgIpc) is 3.07. The predicted molar refractivity (Wildman–Crippen MR) is 104 cm³/mol. The number of hydrogen-bond donors (Lipinski definition) is 2. The first-order chi connectivity index (χ1) is 10.3. The van der Waals surface area contributed by atoms with E-state index in [-0.39, 0.29) is 24.0 Å². The monoisotopic (exact) mass is 420 g/mol. The fourth-order valence-electron chi connectivity index (χ4n) is 3.90. The summed E-state index contributed by atoms with van der Waals surface area (Å²) >= 11 is 0. The molecule has 1 unspecified atom stereocenters. The van der Waals surface area contributed by atoms with E-state index in [9.17, 15) is 0 Å². The third-order valence-electron chi connectivity index (χ3n) is 5.37. The van der Waals surface area contributed by atoms with Crippen LogP contribution in [0.15, 0.2) is 4.99 Å². The summed E-state index contributed by atoms with van der Waals surface area (Å²) in [5.41, 5.74) is 0. The molecule has 5 heteroatoms. The van der Waals surface area contributed by atoms with E-state index < -0.39 is 0 Å². The number of nitrogens with one attached hydrogen (secondary N) is 2. The van der Waals surface area contributed by atoms with E-state index >= 15 is 0 Å². The molecule has 3 aliphatic rings. The molecule has 3 fully saturated rings. The van der Waals surface area contributed by atoms with E-state index in [1.54, 1.807) is 0 Å². The van der Waals surface area contributed by atoms with Crippen LogP contribution in [-0.2, 0) is 0 Å². The molecule has 1 aliphatic heterocycles. The van der Waals surface area contributed by atoms with Crippen molar-refractivity contribution >= 4 is 29.9 Å². The maximum Gasteiger partial charge on any atom is 0.191 e. The molecule has 1 atom stereocenters. The van der Waals surface area contributed by atoms with Crippen LogP contribution >= 0.6 is 24.0 Å². The van der Waals surface area contributed by atoms with Gasteiger partial charge in [-0.1, -0.05) is 12.8 Å². The van der Waals surface area contributed by atoms with Gasteiger partial charge in [0, 0.05) is 38.3 Å². The lowest BCUT2D eigenvalue weighted by Crippen LogP contribution is -2.50. The van der Waals surface area contributed by atoms with Crippen LogP contribution in [0.4, 0.5) is 0 Å². The Morgan fingerprint density at radius 3 is 2.36 bits per heavy atom. The van der Waals surface area contributed by atoms with Gasteiger partial charge in [-0.25, -0.2) is 0 Å². The lowest BCUT2D eigenvalue weighted by molar-refractivity contribution is 0.275. The first kappa shape index (κ1) is 18.3. The number of halogens is 1. The molecule has 3 rings (SSSR count). The normalized spacial score (nSPS) is 27.5. The summed E-state index contributed by atoms with van der Waals surface area (Å²) in [5.74, 6) is 2.02. The molecular formula is C17H33IN4. The molecule has 0 radical (unpaired) electrons. The fourth-order valence-corrected chi connectivity index (χ4v) is 3.90. The summed E-state index contributed by atoms with van der Waals surface area (Å²) < 4.78 is 0. The maximum atomic E-state index is 4.61. The third-order valence-corrected chi connectivity index (χ3v) is 5.37. The lowest BCUT2D eigenvalue weighted by Gasteiger charge is -2.29. The van der Waals surface area contributed by atoms with Crippen molar-refractivity contribution in [3.8, 4) is 0 Å². The van der Waals surface area contributed by atoms with Crippen molar-refractivity contribution in [3.63, 3.8) is 0 Å². The van der Waals surface area contributed by atoms with Gasteiger partial charge in [-0.05, 0) is 51.4 Å². The van der Waals surface area contributed by atoms with Crippen molar-refractivity contribution < 1.29 is 0 Å². The first-order valence-corrected chi connectivity index (χ1v) is 9.13. The van der Waals surface area contributed by atoms with Crippen LogP contribution in [0.3, 0.4) is 0 Å². The molecule has 22 heavy (non-hydrogen) atoms. The van der Waals surface area contributed by atoms with Crippen LogP contribution < -0.4 is 10.6 Å². The summed E-state index contributed by atoms with van der Waals surface area (Å²) in [6, 6.07) is 1.25. The minimum absolute atomic E-state index is 0. The average molecular weight is 420 g/mol. The van der Waals surface area contributed by atoms with E-state index in [0.29, 0.717) is 12.1 Å². The summed E-state index contributed by atoms with van der Waals surface area (Å²) in [5, 5.41) is 7.26. The molecule has 128 valence electrons. The summed E-state index contributed by atoms with van der Waals surface area (Å²) in [6.45, 7) is 6.77. The van der Waals surface area contributed by atoms with Crippen LogP contribution in [0, 0.1) is 5.92 Å². The molecule has 4 nitrogen and oxygen atoms in total. The van der Waals surface area contributed by atoms with E-state index in [0.717, 1.165) is 18.4 Å². The van der Waals surface area contributed by atoms with Crippen LogP contribution in [-0.4, -0.2) is 49.1 Å². The summed E-state index contributed by atoms with van der Waals surface area (Å²) in [6.07, 6.45) is 11.1. The SMILES string of the molecule is CCN=C(NC1CCC1)NC1CCN(CC2CCCC2)C1.I. The second-order valence-corrected chi connectivity index (χ2v) is 7.14. The predicted octanol–water partition coefficient (Wildman–Crippen LogP) is 2.98. The van der Waals surface area contributed by atoms with Crippen molar-refractivity contribution in [2.24, 2.45) is 10.9 Å². The van der Waals surface area contributed by atoms with Gasteiger partial charge in [0.2, 0.25) is 0 Å². The molecule has 0 spiro atoms. The molecule has 0 aromatic heterocycles.